The Bertz CT molecular complexity index is 1350. The van der Waals surface area contributed by atoms with Crippen molar-refractivity contribution in [1.82, 2.24) is 0 Å². The summed E-state index contributed by atoms with van der Waals surface area (Å²) in [7, 11) is 0. The zero-order chi connectivity index (χ0) is 25.3. The zero-order valence-electron chi connectivity index (χ0n) is 20.2. The molecule has 2 aromatic carbocycles. The number of nitrogens with two attached hydrogens (primary N) is 1. The maximum absolute atomic E-state index is 13.3. The van der Waals surface area contributed by atoms with Crippen molar-refractivity contribution in [3.05, 3.63) is 86.9 Å². The van der Waals surface area contributed by atoms with E-state index in [0.717, 1.165) is 52.7 Å². The Morgan fingerprint density at radius 2 is 1.77 bits per heavy atom. The van der Waals surface area contributed by atoms with Crippen LogP contribution in [0.4, 0.5) is 4.39 Å². The van der Waals surface area contributed by atoms with Gasteiger partial charge in [-0.05, 0) is 104 Å². The van der Waals surface area contributed by atoms with E-state index in [4.69, 9.17) is 10.5 Å². The van der Waals surface area contributed by atoms with Gasteiger partial charge in [-0.25, -0.2) is 4.39 Å². The fraction of sp³-hybridized carbons (Fsp3) is 0.345. The van der Waals surface area contributed by atoms with Crippen molar-refractivity contribution in [2.24, 2.45) is 17.1 Å². The fourth-order valence-corrected chi connectivity index (χ4v) is 5.82. The van der Waals surface area contributed by atoms with Gasteiger partial charge in [0, 0.05) is 5.92 Å². The lowest BCUT2D eigenvalue weighted by molar-refractivity contribution is 0.300. The second-order valence-electron chi connectivity index (χ2n) is 9.38. The minimum Gasteiger partial charge on any atom is -0.489 e. The molecule has 0 bridgehead atoms. The molecule has 0 heterocycles. The van der Waals surface area contributed by atoms with Crippen molar-refractivity contribution in [2.75, 3.05) is 0 Å². The van der Waals surface area contributed by atoms with Crippen LogP contribution in [0.3, 0.4) is 0 Å². The average molecular weight is 467 g/mol. The SMILES string of the molecule is Cc1cc(C)c([C@@H]2[C@H]3CCCC=C3C(C#N)=C(N)C2(C#N)C#N)c(C)c1COc1ccc(F)cc1. The van der Waals surface area contributed by atoms with Crippen LogP contribution >= 0.6 is 0 Å². The van der Waals surface area contributed by atoms with E-state index < -0.39 is 11.3 Å². The van der Waals surface area contributed by atoms with Gasteiger partial charge in [0.25, 0.3) is 0 Å². The van der Waals surface area contributed by atoms with Crippen LogP contribution in [0.2, 0.25) is 0 Å². The highest BCUT2D eigenvalue weighted by Crippen LogP contribution is 2.57. The molecule has 0 amide bonds. The highest BCUT2D eigenvalue weighted by molar-refractivity contribution is 5.61. The number of nitrogens with zero attached hydrogens (tertiary/aromatic N) is 3. The van der Waals surface area contributed by atoms with E-state index in [2.05, 4.69) is 24.3 Å². The summed E-state index contributed by atoms with van der Waals surface area (Å²) in [6, 6.07) is 14.6. The number of nitriles is 3. The van der Waals surface area contributed by atoms with Crippen LogP contribution in [0.25, 0.3) is 0 Å². The second-order valence-corrected chi connectivity index (χ2v) is 9.38. The average Bonchev–Trinajstić information content (AvgIpc) is 2.85. The lowest BCUT2D eigenvalue weighted by Gasteiger charge is -2.44. The Kier molecular flexibility index (Phi) is 6.38. The van der Waals surface area contributed by atoms with Gasteiger partial charge >= 0.3 is 0 Å². The normalized spacial score (nSPS) is 20.7. The van der Waals surface area contributed by atoms with Crippen LogP contribution < -0.4 is 10.5 Å². The van der Waals surface area contributed by atoms with Gasteiger partial charge in [0.05, 0.1) is 23.4 Å². The molecule has 35 heavy (non-hydrogen) atoms. The quantitative estimate of drug-likeness (QED) is 0.601. The molecule has 0 saturated carbocycles. The predicted octanol–water partition coefficient (Wildman–Crippen LogP) is 5.92. The summed E-state index contributed by atoms with van der Waals surface area (Å²) in [4.78, 5) is 0. The van der Waals surface area contributed by atoms with Gasteiger partial charge in [0.1, 0.15) is 24.2 Å². The van der Waals surface area contributed by atoms with E-state index in [1.807, 2.05) is 26.8 Å². The minimum atomic E-state index is -1.65. The Balaban J connectivity index is 1.89. The summed E-state index contributed by atoms with van der Waals surface area (Å²) in [5, 5.41) is 30.6. The second kappa shape index (κ2) is 9.28. The Morgan fingerprint density at radius 1 is 1.09 bits per heavy atom. The molecule has 176 valence electrons. The summed E-state index contributed by atoms with van der Waals surface area (Å²) in [6.45, 7) is 6.25. The number of aryl methyl sites for hydroxylation is 2. The smallest absolute Gasteiger partial charge is 0.191 e. The van der Waals surface area contributed by atoms with E-state index in [9.17, 15) is 20.2 Å². The molecule has 2 aliphatic carbocycles. The molecule has 0 aliphatic heterocycles. The number of benzene rings is 2. The van der Waals surface area contributed by atoms with E-state index in [-0.39, 0.29) is 29.6 Å². The number of ether oxygens (including phenoxy) is 1. The van der Waals surface area contributed by atoms with Crippen LogP contribution in [0.1, 0.15) is 53.0 Å². The van der Waals surface area contributed by atoms with Gasteiger partial charge in [0.15, 0.2) is 5.41 Å². The number of hydrogen-bond acceptors (Lipinski definition) is 5. The van der Waals surface area contributed by atoms with Gasteiger partial charge < -0.3 is 10.5 Å². The van der Waals surface area contributed by atoms with Gasteiger partial charge in [0.2, 0.25) is 0 Å². The summed E-state index contributed by atoms with van der Waals surface area (Å²) < 4.78 is 19.3. The molecule has 0 unspecified atom stereocenters. The molecule has 2 N–H and O–H groups in total. The topological polar surface area (TPSA) is 107 Å². The molecule has 4 rings (SSSR count). The van der Waals surface area contributed by atoms with E-state index in [0.29, 0.717) is 5.75 Å². The molecule has 0 fully saturated rings. The molecule has 2 aromatic rings. The highest BCUT2D eigenvalue weighted by Gasteiger charge is 2.54. The van der Waals surface area contributed by atoms with Gasteiger partial charge in [-0.2, -0.15) is 15.8 Å². The predicted molar refractivity (Wildman–Crippen MR) is 130 cm³/mol. The third-order valence-corrected chi connectivity index (χ3v) is 7.50. The number of fused-ring (bicyclic) bond motifs is 1. The van der Waals surface area contributed by atoms with Crippen LogP contribution in [-0.4, -0.2) is 0 Å². The first kappa shape index (κ1) is 24.1. The molecule has 6 heteroatoms. The third kappa shape index (κ3) is 3.84. The number of allylic oxidation sites excluding steroid dienone is 4. The molecular weight excluding hydrogens is 439 g/mol. The van der Waals surface area contributed by atoms with Crippen molar-refractivity contribution in [3.8, 4) is 24.0 Å². The third-order valence-electron chi connectivity index (χ3n) is 7.50. The molecule has 0 saturated heterocycles. The molecule has 0 aromatic heterocycles. The molecule has 0 spiro atoms. The highest BCUT2D eigenvalue weighted by atomic mass is 19.1. The maximum atomic E-state index is 13.3. The largest absolute Gasteiger partial charge is 0.489 e. The van der Waals surface area contributed by atoms with Gasteiger partial charge in [-0.1, -0.05) is 12.1 Å². The summed E-state index contributed by atoms with van der Waals surface area (Å²) in [5.74, 6) is -0.443. The molecular formula is C29H27FN4O. The van der Waals surface area contributed by atoms with Crippen molar-refractivity contribution in [1.29, 1.82) is 15.8 Å². The first-order chi connectivity index (χ1) is 16.8. The van der Waals surface area contributed by atoms with Crippen molar-refractivity contribution in [2.45, 2.75) is 52.6 Å². The van der Waals surface area contributed by atoms with Gasteiger partial charge in [-0.3, -0.25) is 0 Å². The maximum Gasteiger partial charge on any atom is 0.191 e. The number of halogens is 1. The van der Waals surface area contributed by atoms with Gasteiger partial charge in [-0.15, -0.1) is 0 Å². The van der Waals surface area contributed by atoms with Crippen LogP contribution in [0, 0.1) is 71.9 Å². The summed E-state index contributed by atoms with van der Waals surface area (Å²) >= 11 is 0. The fourth-order valence-electron chi connectivity index (χ4n) is 5.82. The van der Waals surface area contributed by atoms with E-state index >= 15 is 0 Å². The molecule has 5 nitrogen and oxygen atoms in total. The van der Waals surface area contributed by atoms with Crippen LogP contribution in [0.5, 0.6) is 5.75 Å². The number of rotatable bonds is 4. The Morgan fingerprint density at radius 3 is 2.40 bits per heavy atom. The first-order valence-electron chi connectivity index (χ1n) is 11.7. The number of hydrogen-bond donors (Lipinski definition) is 1. The van der Waals surface area contributed by atoms with Crippen molar-refractivity contribution < 1.29 is 9.13 Å². The lowest BCUT2D eigenvalue weighted by Crippen LogP contribution is -2.43. The van der Waals surface area contributed by atoms with Crippen molar-refractivity contribution >= 4 is 0 Å². The Labute approximate surface area is 205 Å². The van der Waals surface area contributed by atoms with Crippen LogP contribution in [-0.2, 0) is 6.61 Å². The molecule has 0 radical (unpaired) electrons. The van der Waals surface area contributed by atoms with Crippen molar-refractivity contribution in [3.63, 3.8) is 0 Å². The minimum absolute atomic E-state index is 0.0443. The monoisotopic (exact) mass is 466 g/mol. The van der Waals surface area contributed by atoms with E-state index in [1.165, 1.54) is 12.1 Å². The summed E-state index contributed by atoms with van der Waals surface area (Å²) in [6.07, 6.45) is 4.57. The Hall–Kier alpha value is -4.08. The standard InChI is InChI=1S/C29H27FN4O/c1-17-12-18(2)26(19(3)25(17)14-35-21-10-8-20(30)9-11-21)27-23-7-5-4-6-22(23)24(13-31)28(34)29(27,15-32)16-33/h6,8-12,23,27H,4-5,7,14,34H2,1-3H3/t23-,27-/m0/s1. The lowest BCUT2D eigenvalue weighted by atomic mass is 9.55. The van der Waals surface area contributed by atoms with E-state index in [1.54, 1.807) is 12.1 Å². The molecule has 2 aliphatic rings. The summed E-state index contributed by atoms with van der Waals surface area (Å²) in [5.41, 5.74) is 10.8. The first-order valence-corrected chi connectivity index (χ1v) is 11.7. The molecule has 2 atom stereocenters. The van der Waals surface area contributed by atoms with Crippen LogP contribution in [0.15, 0.2) is 53.3 Å². The zero-order valence-corrected chi connectivity index (χ0v) is 20.2.